The Labute approximate surface area is 90.6 Å². The number of halogens is 3. The van der Waals surface area contributed by atoms with Crippen LogP contribution in [0.5, 0.6) is 0 Å². The van der Waals surface area contributed by atoms with Gasteiger partial charge in [0, 0.05) is 25.3 Å². The van der Waals surface area contributed by atoms with E-state index in [9.17, 15) is 18.0 Å². The molecule has 0 spiro atoms. The number of amides is 1. The summed E-state index contributed by atoms with van der Waals surface area (Å²) in [6.45, 7) is 0. The van der Waals surface area contributed by atoms with E-state index in [1.54, 1.807) is 0 Å². The number of alkyl halides is 3. The second-order valence-electron chi connectivity index (χ2n) is 3.50. The molecule has 3 nitrogen and oxygen atoms in total. The minimum atomic E-state index is -4.50. The second-order valence-corrected chi connectivity index (χ2v) is 3.50. The van der Waals surface area contributed by atoms with Crippen LogP contribution in [0, 0.1) is 0 Å². The van der Waals surface area contributed by atoms with E-state index in [0.717, 1.165) is 18.2 Å². The van der Waals surface area contributed by atoms with Crippen molar-refractivity contribution in [3.8, 4) is 0 Å². The molecule has 1 rings (SSSR count). The highest BCUT2D eigenvalue weighted by Gasteiger charge is 2.33. The quantitative estimate of drug-likeness (QED) is 0.752. The van der Waals surface area contributed by atoms with Gasteiger partial charge in [0.2, 0.25) is 0 Å². The molecule has 1 amide bonds. The predicted molar refractivity (Wildman–Crippen MR) is 53.9 cm³/mol. The highest BCUT2D eigenvalue weighted by Crippen LogP contribution is 2.33. The molecule has 0 aromatic heterocycles. The SMILES string of the molecule is CN(C)C(=O)c1ccc(C(F)(F)F)c(N)c1. The average Bonchev–Trinajstić information content (AvgIpc) is 2.14. The van der Waals surface area contributed by atoms with Gasteiger partial charge in [-0.15, -0.1) is 0 Å². The standard InChI is InChI=1S/C10H11F3N2O/c1-15(2)9(16)6-3-4-7(8(14)5-6)10(11,12)13/h3-5H,14H2,1-2H3. The number of hydrogen-bond acceptors (Lipinski definition) is 2. The molecule has 2 N–H and O–H groups in total. The van der Waals surface area contributed by atoms with E-state index in [1.165, 1.54) is 19.0 Å². The second kappa shape index (κ2) is 4.03. The Kier molecular flexibility index (Phi) is 3.11. The van der Waals surface area contributed by atoms with Crippen LogP contribution in [0.1, 0.15) is 15.9 Å². The van der Waals surface area contributed by atoms with Crippen molar-refractivity contribution in [2.24, 2.45) is 0 Å². The van der Waals surface area contributed by atoms with Crippen molar-refractivity contribution >= 4 is 11.6 Å². The summed E-state index contributed by atoms with van der Waals surface area (Å²) in [7, 11) is 3.02. The van der Waals surface area contributed by atoms with Crippen molar-refractivity contribution in [2.75, 3.05) is 19.8 Å². The maximum atomic E-state index is 12.4. The largest absolute Gasteiger partial charge is 0.418 e. The summed E-state index contributed by atoms with van der Waals surface area (Å²) in [5, 5.41) is 0. The minimum absolute atomic E-state index is 0.135. The van der Waals surface area contributed by atoms with Crippen LogP contribution in [-0.4, -0.2) is 24.9 Å². The molecule has 0 saturated carbocycles. The molecule has 0 heterocycles. The van der Waals surface area contributed by atoms with Gasteiger partial charge in [-0.3, -0.25) is 4.79 Å². The fraction of sp³-hybridized carbons (Fsp3) is 0.300. The summed E-state index contributed by atoms with van der Waals surface area (Å²) in [5.74, 6) is -0.388. The Morgan fingerprint density at radius 2 is 1.88 bits per heavy atom. The topological polar surface area (TPSA) is 46.3 Å². The first-order valence-corrected chi connectivity index (χ1v) is 4.42. The molecule has 0 aliphatic heterocycles. The van der Waals surface area contributed by atoms with Crippen LogP contribution >= 0.6 is 0 Å². The maximum absolute atomic E-state index is 12.4. The average molecular weight is 232 g/mol. The molecule has 0 fully saturated rings. The minimum Gasteiger partial charge on any atom is -0.398 e. The molecule has 0 unspecified atom stereocenters. The lowest BCUT2D eigenvalue weighted by Gasteiger charge is -2.13. The lowest BCUT2D eigenvalue weighted by Crippen LogP contribution is -2.22. The van der Waals surface area contributed by atoms with Gasteiger partial charge in [0.15, 0.2) is 0 Å². The Morgan fingerprint density at radius 3 is 2.25 bits per heavy atom. The van der Waals surface area contributed by atoms with E-state index in [4.69, 9.17) is 5.73 Å². The van der Waals surface area contributed by atoms with Crippen LogP contribution in [0.25, 0.3) is 0 Å². The summed E-state index contributed by atoms with van der Waals surface area (Å²) in [5.41, 5.74) is 4.02. The molecule has 88 valence electrons. The number of benzene rings is 1. The molecule has 1 aromatic carbocycles. The number of carbonyl (C=O) groups is 1. The first kappa shape index (κ1) is 12.4. The molecule has 0 bridgehead atoms. The summed E-state index contributed by atoms with van der Waals surface area (Å²) in [4.78, 5) is 12.7. The third kappa shape index (κ3) is 2.44. The fourth-order valence-corrected chi connectivity index (χ4v) is 1.21. The molecule has 16 heavy (non-hydrogen) atoms. The van der Waals surface area contributed by atoms with Gasteiger partial charge in [0.1, 0.15) is 0 Å². The van der Waals surface area contributed by atoms with Crippen LogP contribution in [-0.2, 0) is 6.18 Å². The Morgan fingerprint density at radius 1 is 1.31 bits per heavy atom. The number of rotatable bonds is 1. The fourth-order valence-electron chi connectivity index (χ4n) is 1.21. The Balaban J connectivity index is 3.15. The summed E-state index contributed by atoms with van der Waals surface area (Å²) >= 11 is 0. The zero-order chi connectivity index (χ0) is 12.5. The molecular formula is C10H11F3N2O. The molecule has 1 aromatic rings. The molecule has 0 radical (unpaired) electrons. The van der Waals surface area contributed by atoms with Crippen LogP contribution < -0.4 is 5.73 Å². The lowest BCUT2D eigenvalue weighted by molar-refractivity contribution is -0.136. The Bertz CT molecular complexity index is 413. The number of nitrogens with two attached hydrogens (primary N) is 1. The molecule has 6 heteroatoms. The van der Waals surface area contributed by atoms with Crippen molar-refractivity contribution in [3.05, 3.63) is 29.3 Å². The van der Waals surface area contributed by atoms with Gasteiger partial charge in [-0.1, -0.05) is 0 Å². The van der Waals surface area contributed by atoms with Crippen LogP contribution in [0.15, 0.2) is 18.2 Å². The van der Waals surface area contributed by atoms with E-state index in [1.807, 2.05) is 0 Å². The van der Waals surface area contributed by atoms with E-state index in [-0.39, 0.29) is 11.5 Å². The van der Waals surface area contributed by atoms with E-state index >= 15 is 0 Å². The summed E-state index contributed by atoms with van der Waals surface area (Å²) in [6, 6.07) is 2.96. The highest BCUT2D eigenvalue weighted by atomic mass is 19.4. The number of nitrogens with zero attached hydrogens (tertiary/aromatic N) is 1. The van der Waals surface area contributed by atoms with Gasteiger partial charge in [0.25, 0.3) is 5.91 Å². The number of nitrogen functional groups attached to an aromatic ring is 1. The monoisotopic (exact) mass is 232 g/mol. The summed E-state index contributed by atoms with van der Waals surface area (Å²) in [6.07, 6.45) is -4.50. The van der Waals surface area contributed by atoms with Crippen molar-refractivity contribution in [3.63, 3.8) is 0 Å². The Hall–Kier alpha value is -1.72. The molecule has 0 atom stereocenters. The van der Waals surface area contributed by atoms with Gasteiger partial charge in [0.05, 0.1) is 5.56 Å². The number of carbonyl (C=O) groups excluding carboxylic acids is 1. The van der Waals surface area contributed by atoms with Crippen LogP contribution in [0.3, 0.4) is 0 Å². The highest BCUT2D eigenvalue weighted by molar-refractivity contribution is 5.94. The van der Waals surface area contributed by atoms with E-state index in [0.29, 0.717) is 0 Å². The van der Waals surface area contributed by atoms with Gasteiger partial charge < -0.3 is 10.6 Å². The van der Waals surface area contributed by atoms with E-state index < -0.39 is 17.4 Å². The van der Waals surface area contributed by atoms with Crippen molar-refractivity contribution in [1.29, 1.82) is 0 Å². The molecule has 0 aliphatic rings. The first-order valence-electron chi connectivity index (χ1n) is 4.42. The smallest absolute Gasteiger partial charge is 0.398 e. The normalized spacial score (nSPS) is 11.3. The summed E-state index contributed by atoms with van der Waals surface area (Å²) < 4.78 is 37.1. The zero-order valence-corrected chi connectivity index (χ0v) is 8.80. The maximum Gasteiger partial charge on any atom is 0.418 e. The first-order chi connectivity index (χ1) is 7.23. The van der Waals surface area contributed by atoms with Crippen LogP contribution in [0.4, 0.5) is 18.9 Å². The third-order valence-corrected chi connectivity index (χ3v) is 2.01. The number of anilines is 1. The van der Waals surface area contributed by atoms with E-state index in [2.05, 4.69) is 0 Å². The van der Waals surface area contributed by atoms with Gasteiger partial charge >= 0.3 is 6.18 Å². The molecular weight excluding hydrogens is 221 g/mol. The van der Waals surface area contributed by atoms with Gasteiger partial charge in [-0.2, -0.15) is 13.2 Å². The predicted octanol–water partition coefficient (Wildman–Crippen LogP) is 1.99. The zero-order valence-electron chi connectivity index (χ0n) is 8.80. The van der Waals surface area contributed by atoms with Crippen molar-refractivity contribution in [2.45, 2.75) is 6.18 Å². The van der Waals surface area contributed by atoms with Gasteiger partial charge in [-0.25, -0.2) is 0 Å². The molecule has 0 aliphatic carbocycles. The van der Waals surface area contributed by atoms with Gasteiger partial charge in [-0.05, 0) is 18.2 Å². The number of hydrogen-bond donors (Lipinski definition) is 1. The van der Waals surface area contributed by atoms with Crippen molar-refractivity contribution in [1.82, 2.24) is 4.90 Å². The van der Waals surface area contributed by atoms with Crippen molar-refractivity contribution < 1.29 is 18.0 Å². The third-order valence-electron chi connectivity index (χ3n) is 2.01. The lowest BCUT2D eigenvalue weighted by atomic mass is 10.1. The molecule has 0 saturated heterocycles. The van der Waals surface area contributed by atoms with Crippen LogP contribution in [0.2, 0.25) is 0 Å².